The number of carboxylic acid groups (broad SMARTS) is 1. The lowest BCUT2D eigenvalue weighted by molar-refractivity contribution is 0.0695. The third-order valence-electron chi connectivity index (χ3n) is 5.83. The van der Waals surface area contributed by atoms with Gasteiger partial charge in [-0.3, -0.25) is 0 Å². The lowest BCUT2D eigenvalue weighted by Gasteiger charge is -2.10. The molecule has 2 rings (SSSR count). The van der Waals surface area contributed by atoms with Crippen LogP contribution in [0, 0.1) is 0 Å². The van der Waals surface area contributed by atoms with Crippen LogP contribution >= 0.6 is 0 Å². The summed E-state index contributed by atoms with van der Waals surface area (Å²) in [5, 5.41) is 9.50. The Labute approximate surface area is 193 Å². The van der Waals surface area contributed by atoms with E-state index in [-0.39, 0.29) is 5.56 Å². The van der Waals surface area contributed by atoms with Crippen molar-refractivity contribution in [3.63, 3.8) is 0 Å². The number of carbonyl (C=O) groups is 2. The van der Waals surface area contributed by atoms with Crippen LogP contribution in [0.25, 0.3) is 0 Å². The molecule has 0 aromatic heterocycles. The van der Waals surface area contributed by atoms with E-state index in [1.54, 1.807) is 24.3 Å². The van der Waals surface area contributed by atoms with E-state index in [2.05, 4.69) is 13.8 Å². The van der Waals surface area contributed by atoms with Crippen molar-refractivity contribution in [1.29, 1.82) is 0 Å². The molecule has 0 atom stereocenters. The van der Waals surface area contributed by atoms with Crippen LogP contribution < -0.4 is 4.74 Å². The standard InChI is InChI=1S/C28H38O4/c1-3-5-7-9-10-12-14-24-21-25(19-20-26(24)27(29)30)32-28(31)23-17-15-22(16-18-23)13-11-8-6-4-2/h15-21H,3-14H2,1-2H3,(H,29,30). The van der Waals surface area contributed by atoms with E-state index in [0.29, 0.717) is 17.7 Å². The maximum Gasteiger partial charge on any atom is 0.343 e. The largest absolute Gasteiger partial charge is 0.478 e. The maximum absolute atomic E-state index is 12.6. The molecule has 0 aliphatic rings. The number of rotatable bonds is 15. The highest BCUT2D eigenvalue weighted by Gasteiger charge is 2.14. The molecule has 174 valence electrons. The van der Waals surface area contributed by atoms with E-state index >= 15 is 0 Å². The Morgan fingerprint density at radius 1 is 0.750 bits per heavy atom. The molecule has 4 nitrogen and oxygen atoms in total. The first-order valence-corrected chi connectivity index (χ1v) is 12.2. The SMILES string of the molecule is CCCCCCCCc1cc(OC(=O)c2ccc(CCCCCC)cc2)ccc1C(=O)O. The number of aromatic carboxylic acids is 1. The summed E-state index contributed by atoms with van der Waals surface area (Å²) in [4.78, 5) is 24.2. The summed E-state index contributed by atoms with van der Waals surface area (Å²) in [6.45, 7) is 4.39. The number of benzene rings is 2. The van der Waals surface area contributed by atoms with Crippen LogP contribution in [0.5, 0.6) is 5.75 Å². The van der Waals surface area contributed by atoms with Crippen LogP contribution in [0.3, 0.4) is 0 Å². The van der Waals surface area contributed by atoms with Crippen LogP contribution in [0.4, 0.5) is 0 Å². The van der Waals surface area contributed by atoms with Gasteiger partial charge in [0, 0.05) is 0 Å². The molecule has 32 heavy (non-hydrogen) atoms. The molecule has 0 aliphatic heterocycles. The molecule has 0 bridgehead atoms. The lowest BCUT2D eigenvalue weighted by Crippen LogP contribution is -2.10. The fourth-order valence-electron chi connectivity index (χ4n) is 3.87. The number of carboxylic acids is 1. The third-order valence-corrected chi connectivity index (χ3v) is 5.83. The first kappa shape index (κ1) is 25.6. The van der Waals surface area contributed by atoms with E-state index in [1.807, 2.05) is 12.1 Å². The smallest absolute Gasteiger partial charge is 0.343 e. The van der Waals surface area contributed by atoms with E-state index in [9.17, 15) is 14.7 Å². The van der Waals surface area contributed by atoms with Gasteiger partial charge >= 0.3 is 11.9 Å². The van der Waals surface area contributed by atoms with Gasteiger partial charge in [-0.25, -0.2) is 9.59 Å². The number of unbranched alkanes of at least 4 members (excludes halogenated alkanes) is 8. The second-order valence-corrected chi connectivity index (χ2v) is 8.54. The highest BCUT2D eigenvalue weighted by atomic mass is 16.5. The second-order valence-electron chi connectivity index (χ2n) is 8.54. The Morgan fingerprint density at radius 2 is 1.34 bits per heavy atom. The fourth-order valence-corrected chi connectivity index (χ4v) is 3.87. The van der Waals surface area contributed by atoms with Crippen molar-refractivity contribution in [2.75, 3.05) is 0 Å². The summed E-state index contributed by atoms with van der Waals surface area (Å²) in [5.74, 6) is -0.973. The van der Waals surface area contributed by atoms with E-state index in [0.717, 1.165) is 31.2 Å². The van der Waals surface area contributed by atoms with Gasteiger partial charge in [-0.2, -0.15) is 0 Å². The van der Waals surface area contributed by atoms with Gasteiger partial charge in [-0.15, -0.1) is 0 Å². The van der Waals surface area contributed by atoms with Crippen molar-refractivity contribution in [2.45, 2.75) is 90.9 Å². The minimum atomic E-state index is -0.946. The highest BCUT2D eigenvalue weighted by molar-refractivity contribution is 5.92. The van der Waals surface area contributed by atoms with Crippen molar-refractivity contribution in [1.82, 2.24) is 0 Å². The monoisotopic (exact) mass is 438 g/mol. The lowest BCUT2D eigenvalue weighted by atomic mass is 10.00. The molecule has 0 radical (unpaired) electrons. The zero-order valence-electron chi connectivity index (χ0n) is 19.7. The first-order valence-electron chi connectivity index (χ1n) is 12.2. The zero-order chi connectivity index (χ0) is 23.2. The summed E-state index contributed by atoms with van der Waals surface area (Å²) in [6.07, 6.45) is 13.4. The Bertz CT molecular complexity index is 839. The zero-order valence-corrected chi connectivity index (χ0v) is 19.7. The molecule has 4 heteroatoms. The molecular weight excluding hydrogens is 400 g/mol. The Hall–Kier alpha value is -2.62. The van der Waals surface area contributed by atoms with Crippen molar-refractivity contribution < 1.29 is 19.4 Å². The molecule has 0 amide bonds. The van der Waals surface area contributed by atoms with Crippen molar-refractivity contribution in [3.8, 4) is 5.75 Å². The quantitative estimate of drug-likeness (QED) is 0.176. The van der Waals surface area contributed by atoms with Crippen molar-refractivity contribution in [3.05, 3.63) is 64.7 Å². The molecule has 0 heterocycles. The topological polar surface area (TPSA) is 63.6 Å². The molecule has 0 aliphatic carbocycles. The van der Waals surface area contributed by atoms with E-state index in [4.69, 9.17) is 4.74 Å². The number of hydrogen-bond donors (Lipinski definition) is 1. The Morgan fingerprint density at radius 3 is 2.00 bits per heavy atom. The Balaban J connectivity index is 1.95. The van der Waals surface area contributed by atoms with E-state index in [1.165, 1.54) is 56.6 Å². The normalized spacial score (nSPS) is 10.8. The average Bonchev–Trinajstić information content (AvgIpc) is 2.79. The minimum Gasteiger partial charge on any atom is -0.478 e. The molecule has 0 saturated carbocycles. The maximum atomic E-state index is 12.6. The summed E-state index contributed by atoms with van der Waals surface area (Å²) < 4.78 is 5.56. The highest BCUT2D eigenvalue weighted by Crippen LogP contribution is 2.22. The van der Waals surface area contributed by atoms with Gasteiger partial charge in [-0.05, 0) is 67.1 Å². The van der Waals surface area contributed by atoms with Crippen LogP contribution in [-0.2, 0) is 12.8 Å². The van der Waals surface area contributed by atoms with Crippen molar-refractivity contribution >= 4 is 11.9 Å². The predicted molar refractivity (Wildman–Crippen MR) is 130 cm³/mol. The third kappa shape index (κ3) is 8.86. The number of hydrogen-bond acceptors (Lipinski definition) is 3. The first-order chi connectivity index (χ1) is 15.5. The predicted octanol–water partition coefficient (Wildman–Crippen LogP) is 7.63. The molecule has 2 aromatic rings. The molecule has 2 aromatic carbocycles. The summed E-state index contributed by atoms with van der Waals surface area (Å²) in [5.41, 5.74) is 2.73. The van der Waals surface area contributed by atoms with Gasteiger partial charge in [0.15, 0.2) is 0 Å². The fraction of sp³-hybridized carbons (Fsp3) is 0.500. The van der Waals surface area contributed by atoms with Crippen LogP contribution in [0.1, 0.15) is 110 Å². The number of carbonyl (C=O) groups excluding carboxylic acids is 1. The number of esters is 1. The van der Waals surface area contributed by atoms with Gasteiger partial charge in [0.05, 0.1) is 11.1 Å². The number of ether oxygens (including phenoxy) is 1. The van der Waals surface area contributed by atoms with Gasteiger partial charge in [0.1, 0.15) is 5.75 Å². The van der Waals surface area contributed by atoms with Crippen LogP contribution in [0.15, 0.2) is 42.5 Å². The molecule has 0 spiro atoms. The molecule has 0 fully saturated rings. The minimum absolute atomic E-state index is 0.283. The molecule has 0 unspecified atom stereocenters. The van der Waals surface area contributed by atoms with E-state index < -0.39 is 11.9 Å². The van der Waals surface area contributed by atoms with Crippen molar-refractivity contribution in [2.24, 2.45) is 0 Å². The van der Waals surface area contributed by atoms with Gasteiger partial charge in [0.25, 0.3) is 0 Å². The van der Waals surface area contributed by atoms with Gasteiger partial charge in [-0.1, -0.05) is 77.3 Å². The average molecular weight is 439 g/mol. The second kappa shape index (κ2) is 14.4. The van der Waals surface area contributed by atoms with Gasteiger partial charge < -0.3 is 9.84 Å². The van der Waals surface area contributed by atoms with Crippen LogP contribution in [0.2, 0.25) is 0 Å². The molecule has 0 saturated heterocycles. The van der Waals surface area contributed by atoms with Crippen LogP contribution in [-0.4, -0.2) is 17.0 Å². The number of aryl methyl sites for hydroxylation is 2. The Kier molecular flexibility index (Phi) is 11.6. The summed E-state index contributed by atoms with van der Waals surface area (Å²) in [6, 6.07) is 12.4. The van der Waals surface area contributed by atoms with Gasteiger partial charge in [0.2, 0.25) is 0 Å². The molecule has 1 N–H and O–H groups in total. The summed E-state index contributed by atoms with van der Waals surface area (Å²) in [7, 11) is 0. The summed E-state index contributed by atoms with van der Waals surface area (Å²) >= 11 is 0. The molecular formula is C28H38O4.